The zero-order chi connectivity index (χ0) is 29.0. The minimum Gasteiger partial charge on any atom is -0.384 e. The number of carbonyl (C=O) groups is 2. The molecule has 2 N–H and O–H groups in total. The summed E-state index contributed by atoms with van der Waals surface area (Å²) in [5.74, 6) is -2.00. The number of alkyl halides is 3. The maximum absolute atomic E-state index is 16.2. The molecule has 212 valence electrons. The predicted octanol–water partition coefficient (Wildman–Crippen LogP) is 5.34. The van der Waals surface area contributed by atoms with E-state index in [1.165, 1.54) is 12.1 Å². The SMILES string of the molecule is Cc1nc2ccc([C@@]3(O)CCN(Cc4ccc(C(F)(F)F)cc4)CC3(C)C)c(F)c2cc1C1CCC(=O)NC1=O. The average molecular weight is 558 g/mol. The van der Waals surface area contributed by atoms with Crippen LogP contribution in [0.25, 0.3) is 10.9 Å². The summed E-state index contributed by atoms with van der Waals surface area (Å²) in [6.45, 7) is 6.63. The van der Waals surface area contributed by atoms with Crippen LogP contribution in [-0.4, -0.2) is 39.9 Å². The van der Waals surface area contributed by atoms with Crippen LogP contribution in [-0.2, 0) is 27.9 Å². The molecule has 0 spiro atoms. The number of benzene rings is 2. The topological polar surface area (TPSA) is 82.5 Å². The van der Waals surface area contributed by atoms with Gasteiger partial charge >= 0.3 is 6.18 Å². The summed E-state index contributed by atoms with van der Waals surface area (Å²) in [5, 5.41) is 14.5. The number of likely N-dealkylation sites (tertiary alicyclic amines) is 1. The number of nitrogens with one attached hydrogen (secondary N) is 1. The largest absolute Gasteiger partial charge is 0.416 e. The van der Waals surface area contributed by atoms with E-state index in [1.807, 2.05) is 18.7 Å². The fourth-order valence-electron chi connectivity index (χ4n) is 6.10. The highest BCUT2D eigenvalue weighted by Gasteiger charge is 2.50. The molecule has 1 aromatic heterocycles. The molecule has 2 aliphatic heterocycles. The molecule has 5 rings (SSSR count). The number of amides is 2. The first kappa shape index (κ1) is 28.2. The second-order valence-electron chi connectivity index (χ2n) is 11.6. The molecule has 10 heteroatoms. The van der Waals surface area contributed by atoms with Crippen LogP contribution in [0, 0.1) is 18.2 Å². The molecule has 0 saturated carbocycles. The van der Waals surface area contributed by atoms with E-state index in [1.54, 1.807) is 25.1 Å². The Morgan fingerprint density at radius 2 is 1.82 bits per heavy atom. The van der Waals surface area contributed by atoms with Crippen molar-refractivity contribution in [2.45, 2.75) is 64.3 Å². The molecule has 40 heavy (non-hydrogen) atoms. The Bertz CT molecular complexity index is 1490. The third kappa shape index (κ3) is 4.99. The molecule has 2 fully saturated rings. The first-order chi connectivity index (χ1) is 18.7. The molecule has 2 saturated heterocycles. The van der Waals surface area contributed by atoms with E-state index in [0.717, 1.165) is 12.1 Å². The lowest BCUT2D eigenvalue weighted by molar-refractivity contribution is -0.138. The molecule has 3 heterocycles. The van der Waals surface area contributed by atoms with Gasteiger partial charge in [0, 0.05) is 48.1 Å². The van der Waals surface area contributed by atoms with Crippen molar-refractivity contribution in [1.82, 2.24) is 15.2 Å². The minimum atomic E-state index is -4.40. The maximum atomic E-state index is 16.2. The van der Waals surface area contributed by atoms with Gasteiger partial charge in [0.1, 0.15) is 5.82 Å². The van der Waals surface area contributed by atoms with Gasteiger partial charge in [0.15, 0.2) is 0 Å². The summed E-state index contributed by atoms with van der Waals surface area (Å²) in [4.78, 5) is 30.7. The molecule has 3 aromatic rings. The Kier molecular flexibility index (Phi) is 6.99. The van der Waals surface area contributed by atoms with Crippen molar-refractivity contribution in [2.75, 3.05) is 13.1 Å². The number of imide groups is 1. The summed E-state index contributed by atoms with van der Waals surface area (Å²) >= 11 is 0. The smallest absolute Gasteiger partial charge is 0.384 e. The number of pyridine rings is 1. The highest BCUT2D eigenvalue weighted by molar-refractivity contribution is 6.01. The normalized spacial score (nSPS) is 23.9. The summed E-state index contributed by atoms with van der Waals surface area (Å²) in [6.07, 6.45) is -3.69. The summed E-state index contributed by atoms with van der Waals surface area (Å²) in [7, 11) is 0. The van der Waals surface area contributed by atoms with Crippen molar-refractivity contribution >= 4 is 22.7 Å². The van der Waals surface area contributed by atoms with Crippen LogP contribution >= 0.6 is 0 Å². The van der Waals surface area contributed by atoms with Gasteiger partial charge in [-0.05, 0) is 55.2 Å². The van der Waals surface area contributed by atoms with Crippen LogP contribution in [0.5, 0.6) is 0 Å². The van der Waals surface area contributed by atoms with Gasteiger partial charge in [0.2, 0.25) is 11.8 Å². The van der Waals surface area contributed by atoms with E-state index in [9.17, 15) is 27.9 Å². The second kappa shape index (κ2) is 9.92. The van der Waals surface area contributed by atoms with E-state index in [2.05, 4.69) is 10.3 Å². The van der Waals surface area contributed by atoms with Crippen molar-refractivity contribution in [2.24, 2.45) is 5.41 Å². The molecule has 2 amide bonds. The molecule has 1 unspecified atom stereocenters. The number of aliphatic hydroxyl groups is 1. The fraction of sp³-hybridized carbons (Fsp3) is 0.433. The minimum absolute atomic E-state index is 0.138. The summed E-state index contributed by atoms with van der Waals surface area (Å²) in [5.41, 5.74) is -0.668. The number of rotatable bonds is 4. The van der Waals surface area contributed by atoms with E-state index >= 15 is 4.39 Å². The highest BCUT2D eigenvalue weighted by atomic mass is 19.4. The molecule has 0 aliphatic carbocycles. The third-order valence-corrected chi connectivity index (χ3v) is 8.44. The Hall–Kier alpha value is -3.37. The summed E-state index contributed by atoms with van der Waals surface area (Å²) in [6, 6.07) is 9.85. The van der Waals surface area contributed by atoms with Gasteiger partial charge in [0.05, 0.1) is 22.6 Å². The number of nitrogens with zero attached hydrogens (tertiary/aromatic N) is 2. The van der Waals surface area contributed by atoms with Crippen molar-refractivity contribution in [3.8, 4) is 0 Å². The Balaban J connectivity index is 1.42. The lowest BCUT2D eigenvalue weighted by atomic mass is 9.66. The van der Waals surface area contributed by atoms with Gasteiger partial charge in [0.25, 0.3) is 0 Å². The Morgan fingerprint density at radius 1 is 1.12 bits per heavy atom. The van der Waals surface area contributed by atoms with Crippen molar-refractivity contribution in [1.29, 1.82) is 0 Å². The molecule has 2 aliphatic rings. The zero-order valence-corrected chi connectivity index (χ0v) is 22.5. The molecule has 2 aromatic carbocycles. The lowest BCUT2D eigenvalue weighted by Gasteiger charge is -2.50. The first-order valence-corrected chi connectivity index (χ1v) is 13.2. The number of hydrogen-bond donors (Lipinski definition) is 2. The number of aromatic nitrogens is 1. The molecule has 6 nitrogen and oxygen atoms in total. The van der Waals surface area contributed by atoms with Crippen molar-refractivity contribution < 1.29 is 32.3 Å². The predicted molar refractivity (Wildman–Crippen MR) is 141 cm³/mol. The molecule has 2 atom stereocenters. The van der Waals surface area contributed by atoms with Gasteiger partial charge in [-0.25, -0.2) is 4.39 Å². The Morgan fingerprint density at radius 3 is 2.45 bits per heavy atom. The molecular weight excluding hydrogens is 526 g/mol. The van der Waals surface area contributed by atoms with Crippen LogP contribution in [0.1, 0.15) is 67.0 Å². The highest BCUT2D eigenvalue weighted by Crippen LogP contribution is 2.48. The van der Waals surface area contributed by atoms with E-state index < -0.39 is 40.4 Å². The van der Waals surface area contributed by atoms with Gasteiger partial charge in [-0.1, -0.05) is 32.0 Å². The number of aryl methyl sites for hydroxylation is 1. The monoisotopic (exact) mass is 557 g/mol. The first-order valence-electron chi connectivity index (χ1n) is 13.2. The van der Waals surface area contributed by atoms with Crippen LogP contribution < -0.4 is 5.32 Å². The van der Waals surface area contributed by atoms with Gasteiger partial charge in [-0.15, -0.1) is 0 Å². The standard InChI is InChI=1S/C30H31F4N3O3/c1-17-21(20-8-11-25(38)36-27(20)39)14-22-24(35-17)10-9-23(26(22)31)29(40)12-13-37(16-28(29,2)3)15-18-4-6-19(7-5-18)30(32,33)34/h4-7,9-10,14,20,40H,8,11-13,15-16H2,1-3H3,(H,36,38,39)/t20?,29-/m0/s1. The van der Waals surface area contributed by atoms with Crippen molar-refractivity contribution in [3.05, 3.63) is 76.2 Å². The van der Waals surface area contributed by atoms with E-state index in [4.69, 9.17) is 0 Å². The zero-order valence-electron chi connectivity index (χ0n) is 22.5. The average Bonchev–Trinajstić information content (AvgIpc) is 2.86. The number of piperidine rings is 2. The van der Waals surface area contributed by atoms with Crippen LogP contribution in [0.15, 0.2) is 42.5 Å². The molecular formula is C30H31F4N3O3. The lowest BCUT2D eigenvalue weighted by Crippen LogP contribution is -2.55. The van der Waals surface area contributed by atoms with Crippen LogP contribution in [0.3, 0.4) is 0 Å². The van der Waals surface area contributed by atoms with Gasteiger partial charge in [-0.3, -0.25) is 24.8 Å². The number of carbonyl (C=O) groups excluding carboxylic acids is 2. The van der Waals surface area contributed by atoms with Crippen LogP contribution in [0.2, 0.25) is 0 Å². The van der Waals surface area contributed by atoms with Crippen molar-refractivity contribution in [3.63, 3.8) is 0 Å². The van der Waals surface area contributed by atoms with Crippen LogP contribution in [0.4, 0.5) is 17.6 Å². The number of hydrogen-bond acceptors (Lipinski definition) is 5. The molecule has 0 bridgehead atoms. The van der Waals surface area contributed by atoms with Gasteiger partial charge in [-0.2, -0.15) is 13.2 Å². The third-order valence-electron chi connectivity index (χ3n) is 8.44. The summed E-state index contributed by atoms with van der Waals surface area (Å²) < 4.78 is 55.0. The molecule has 0 radical (unpaired) electrons. The second-order valence-corrected chi connectivity index (χ2v) is 11.6. The van der Waals surface area contributed by atoms with E-state index in [-0.39, 0.29) is 29.7 Å². The van der Waals surface area contributed by atoms with Gasteiger partial charge < -0.3 is 5.11 Å². The number of halogens is 4. The quantitative estimate of drug-likeness (QED) is 0.334. The maximum Gasteiger partial charge on any atom is 0.416 e. The number of fused-ring (bicyclic) bond motifs is 1. The fourth-order valence-corrected chi connectivity index (χ4v) is 6.10. The van der Waals surface area contributed by atoms with E-state index in [0.29, 0.717) is 48.4 Å². The Labute approximate surface area is 229 Å².